The first-order valence-corrected chi connectivity index (χ1v) is 7.68. The Kier molecular flexibility index (Phi) is 4.43. The van der Waals surface area contributed by atoms with Crippen molar-refractivity contribution in [3.05, 3.63) is 48.2 Å². The maximum atomic E-state index is 11.0. The molecule has 3 aromatic rings. The SMILES string of the molecule is CCCN(CO)c1ccc2ncc(-c3ccc(C(=O)O)cc3)n2n1. The lowest BCUT2D eigenvalue weighted by molar-refractivity contribution is 0.0697. The van der Waals surface area contributed by atoms with E-state index in [2.05, 4.69) is 10.1 Å². The molecule has 0 bridgehead atoms. The Morgan fingerprint density at radius 3 is 2.58 bits per heavy atom. The van der Waals surface area contributed by atoms with Gasteiger partial charge in [0.2, 0.25) is 0 Å². The summed E-state index contributed by atoms with van der Waals surface area (Å²) >= 11 is 0. The van der Waals surface area contributed by atoms with Crippen molar-refractivity contribution in [1.29, 1.82) is 0 Å². The summed E-state index contributed by atoms with van der Waals surface area (Å²) in [6.45, 7) is 2.63. The number of fused-ring (bicyclic) bond motifs is 1. The molecule has 1 aromatic carbocycles. The molecule has 3 rings (SSSR count). The third kappa shape index (κ3) is 2.93. The summed E-state index contributed by atoms with van der Waals surface area (Å²) in [5, 5.41) is 23.1. The van der Waals surface area contributed by atoms with E-state index >= 15 is 0 Å². The molecular formula is C17H18N4O3. The zero-order valence-corrected chi connectivity index (χ0v) is 13.3. The minimum Gasteiger partial charge on any atom is -0.478 e. The molecule has 2 N–H and O–H groups in total. The molecule has 24 heavy (non-hydrogen) atoms. The summed E-state index contributed by atoms with van der Waals surface area (Å²) in [6.07, 6.45) is 2.60. The second kappa shape index (κ2) is 6.67. The van der Waals surface area contributed by atoms with Crippen LogP contribution in [0.2, 0.25) is 0 Å². The van der Waals surface area contributed by atoms with Crippen molar-refractivity contribution in [3.63, 3.8) is 0 Å². The molecule has 0 unspecified atom stereocenters. The van der Waals surface area contributed by atoms with Gasteiger partial charge in [0, 0.05) is 12.1 Å². The Balaban J connectivity index is 2.03. The van der Waals surface area contributed by atoms with Gasteiger partial charge in [0.15, 0.2) is 11.5 Å². The summed E-state index contributed by atoms with van der Waals surface area (Å²) < 4.78 is 1.70. The van der Waals surface area contributed by atoms with Gasteiger partial charge in [-0.15, -0.1) is 5.10 Å². The van der Waals surface area contributed by atoms with Gasteiger partial charge in [-0.25, -0.2) is 14.3 Å². The van der Waals surface area contributed by atoms with Crippen molar-refractivity contribution in [3.8, 4) is 11.3 Å². The number of hydrogen-bond acceptors (Lipinski definition) is 5. The van der Waals surface area contributed by atoms with Gasteiger partial charge >= 0.3 is 5.97 Å². The van der Waals surface area contributed by atoms with E-state index in [1.807, 2.05) is 19.1 Å². The first-order chi connectivity index (χ1) is 11.6. The zero-order valence-electron chi connectivity index (χ0n) is 13.3. The quantitative estimate of drug-likeness (QED) is 0.675. The first-order valence-electron chi connectivity index (χ1n) is 7.68. The molecule has 0 fully saturated rings. The second-order valence-electron chi connectivity index (χ2n) is 5.39. The molecule has 0 spiro atoms. The first kappa shape index (κ1) is 15.9. The number of carbonyl (C=O) groups is 1. The maximum Gasteiger partial charge on any atom is 0.335 e. The Morgan fingerprint density at radius 2 is 1.96 bits per heavy atom. The van der Waals surface area contributed by atoms with E-state index in [1.54, 1.807) is 39.9 Å². The zero-order chi connectivity index (χ0) is 17.1. The van der Waals surface area contributed by atoms with E-state index in [-0.39, 0.29) is 12.3 Å². The Labute approximate surface area is 138 Å². The van der Waals surface area contributed by atoms with Crippen molar-refractivity contribution >= 4 is 17.4 Å². The van der Waals surface area contributed by atoms with Crippen LogP contribution in [-0.2, 0) is 0 Å². The molecule has 7 heteroatoms. The lowest BCUT2D eigenvalue weighted by Gasteiger charge is -2.20. The van der Waals surface area contributed by atoms with Crippen molar-refractivity contribution in [1.82, 2.24) is 14.6 Å². The van der Waals surface area contributed by atoms with Gasteiger partial charge in [-0.05, 0) is 30.7 Å². The number of anilines is 1. The van der Waals surface area contributed by atoms with Crippen LogP contribution in [0.3, 0.4) is 0 Å². The Morgan fingerprint density at radius 1 is 1.21 bits per heavy atom. The summed E-state index contributed by atoms with van der Waals surface area (Å²) in [6, 6.07) is 10.2. The van der Waals surface area contributed by atoms with E-state index in [9.17, 15) is 9.90 Å². The van der Waals surface area contributed by atoms with Gasteiger partial charge < -0.3 is 15.1 Å². The van der Waals surface area contributed by atoms with E-state index in [1.165, 1.54) is 0 Å². The number of carboxylic acids is 1. The highest BCUT2D eigenvalue weighted by molar-refractivity contribution is 5.88. The molecule has 2 heterocycles. The summed E-state index contributed by atoms with van der Waals surface area (Å²) in [5.74, 6) is -0.300. The lowest BCUT2D eigenvalue weighted by Crippen LogP contribution is -2.26. The van der Waals surface area contributed by atoms with Gasteiger partial charge in [0.25, 0.3) is 0 Å². The highest BCUT2D eigenvalue weighted by Gasteiger charge is 2.12. The average Bonchev–Trinajstić information content (AvgIpc) is 3.02. The van der Waals surface area contributed by atoms with Crippen LogP contribution < -0.4 is 4.90 Å². The molecule has 0 saturated carbocycles. The monoisotopic (exact) mass is 326 g/mol. The van der Waals surface area contributed by atoms with E-state index < -0.39 is 5.97 Å². The maximum absolute atomic E-state index is 11.0. The van der Waals surface area contributed by atoms with Crippen LogP contribution in [0.25, 0.3) is 16.9 Å². The minimum absolute atomic E-state index is 0.107. The molecule has 7 nitrogen and oxygen atoms in total. The molecule has 124 valence electrons. The van der Waals surface area contributed by atoms with Crippen LogP contribution in [0, 0.1) is 0 Å². The molecule has 0 saturated heterocycles. The highest BCUT2D eigenvalue weighted by Crippen LogP contribution is 2.22. The third-order valence-electron chi connectivity index (χ3n) is 3.76. The van der Waals surface area contributed by atoms with Crippen LogP contribution in [-0.4, -0.2) is 44.1 Å². The van der Waals surface area contributed by atoms with E-state index in [4.69, 9.17) is 5.11 Å². The fourth-order valence-corrected chi connectivity index (χ4v) is 2.54. The molecule has 0 aliphatic carbocycles. The Hall–Kier alpha value is -2.93. The largest absolute Gasteiger partial charge is 0.478 e. The molecule has 0 aliphatic rings. The standard InChI is InChI=1S/C17H18N4O3/c1-2-9-20(11-22)16-8-7-15-18-10-14(21(15)19-16)12-3-5-13(6-4-12)17(23)24/h3-8,10,22H,2,9,11H2,1H3,(H,23,24). The number of imidazole rings is 1. The number of rotatable bonds is 6. The fourth-order valence-electron chi connectivity index (χ4n) is 2.54. The molecule has 0 amide bonds. The van der Waals surface area contributed by atoms with Gasteiger partial charge in [-0.1, -0.05) is 19.1 Å². The number of nitrogens with zero attached hydrogens (tertiary/aromatic N) is 4. The summed E-state index contributed by atoms with van der Waals surface area (Å²) in [5.41, 5.74) is 2.50. The van der Waals surface area contributed by atoms with Gasteiger partial charge in [-0.2, -0.15) is 0 Å². The molecule has 0 atom stereocenters. The van der Waals surface area contributed by atoms with Gasteiger partial charge in [-0.3, -0.25) is 0 Å². The fraction of sp³-hybridized carbons (Fsp3) is 0.235. The number of aromatic carboxylic acids is 1. The predicted molar refractivity (Wildman–Crippen MR) is 90.1 cm³/mol. The van der Waals surface area contributed by atoms with Gasteiger partial charge in [0.05, 0.1) is 17.5 Å². The highest BCUT2D eigenvalue weighted by atomic mass is 16.4. The van der Waals surface area contributed by atoms with Crippen LogP contribution in [0.1, 0.15) is 23.7 Å². The average molecular weight is 326 g/mol. The van der Waals surface area contributed by atoms with Crippen molar-refractivity contribution in [2.24, 2.45) is 0 Å². The predicted octanol–water partition coefficient (Wildman–Crippen LogP) is 2.26. The van der Waals surface area contributed by atoms with Gasteiger partial charge in [0.1, 0.15) is 6.73 Å². The molecule has 0 radical (unpaired) electrons. The number of aromatic nitrogens is 3. The number of aliphatic hydroxyl groups excluding tert-OH is 1. The Bertz CT molecular complexity index is 858. The smallest absolute Gasteiger partial charge is 0.335 e. The van der Waals surface area contributed by atoms with Crippen LogP contribution in [0.15, 0.2) is 42.6 Å². The topological polar surface area (TPSA) is 91.0 Å². The second-order valence-corrected chi connectivity index (χ2v) is 5.39. The van der Waals surface area contributed by atoms with Crippen molar-refractivity contribution in [2.75, 3.05) is 18.2 Å². The minimum atomic E-state index is -0.960. The van der Waals surface area contributed by atoms with Crippen molar-refractivity contribution in [2.45, 2.75) is 13.3 Å². The molecule has 0 aliphatic heterocycles. The summed E-state index contributed by atoms with van der Waals surface area (Å²) in [4.78, 5) is 17.1. The molecule has 2 aromatic heterocycles. The molecular weight excluding hydrogens is 308 g/mol. The van der Waals surface area contributed by atoms with E-state index in [0.717, 1.165) is 17.7 Å². The number of carboxylic acid groups (broad SMARTS) is 1. The van der Waals surface area contributed by atoms with Crippen LogP contribution in [0.4, 0.5) is 5.82 Å². The van der Waals surface area contributed by atoms with Crippen LogP contribution in [0.5, 0.6) is 0 Å². The number of hydrogen-bond donors (Lipinski definition) is 2. The van der Waals surface area contributed by atoms with E-state index in [0.29, 0.717) is 18.0 Å². The number of benzene rings is 1. The van der Waals surface area contributed by atoms with Crippen molar-refractivity contribution < 1.29 is 15.0 Å². The van der Waals surface area contributed by atoms with Crippen LogP contribution >= 0.6 is 0 Å². The lowest BCUT2D eigenvalue weighted by atomic mass is 10.1. The normalized spacial score (nSPS) is 10.9. The summed E-state index contributed by atoms with van der Waals surface area (Å²) in [7, 11) is 0. The third-order valence-corrected chi connectivity index (χ3v) is 3.76. The number of aliphatic hydroxyl groups is 1.